The zero-order valence-corrected chi connectivity index (χ0v) is 15.0. The monoisotopic (exact) mass is 377 g/mol. The fraction of sp³-hybridized carbons (Fsp3) is 0.278. The van der Waals surface area contributed by atoms with Crippen LogP contribution >= 0.6 is 0 Å². The number of hydrogen-bond acceptors (Lipinski definition) is 5. The van der Waals surface area contributed by atoms with E-state index in [9.17, 15) is 13.2 Å². The first-order chi connectivity index (χ1) is 12.7. The van der Waals surface area contributed by atoms with Gasteiger partial charge in [-0.15, -0.1) is 18.3 Å². The van der Waals surface area contributed by atoms with Crippen LogP contribution in [0, 0.1) is 6.92 Å². The molecule has 0 N–H and O–H groups in total. The minimum Gasteiger partial charge on any atom is -0.405 e. The van der Waals surface area contributed by atoms with E-state index in [0.717, 1.165) is 5.69 Å². The number of rotatable bonds is 5. The van der Waals surface area contributed by atoms with Crippen molar-refractivity contribution in [2.45, 2.75) is 19.8 Å². The molecule has 1 aromatic carbocycles. The maximum absolute atomic E-state index is 12.5. The van der Waals surface area contributed by atoms with Crippen molar-refractivity contribution in [1.29, 1.82) is 0 Å². The zero-order valence-electron chi connectivity index (χ0n) is 15.0. The summed E-state index contributed by atoms with van der Waals surface area (Å²) in [4.78, 5) is 6.54. The van der Waals surface area contributed by atoms with Crippen LogP contribution in [0.5, 0.6) is 5.75 Å². The number of halogens is 3. The maximum atomic E-state index is 12.5. The summed E-state index contributed by atoms with van der Waals surface area (Å²) >= 11 is 0. The second-order valence-electron chi connectivity index (χ2n) is 6.30. The Kier molecular flexibility index (Phi) is 5.13. The molecule has 6 nitrogen and oxygen atoms in total. The molecule has 2 heterocycles. The minimum absolute atomic E-state index is 0.275. The van der Waals surface area contributed by atoms with E-state index in [4.69, 9.17) is 0 Å². The zero-order chi connectivity index (χ0) is 19.6. The highest BCUT2D eigenvalue weighted by Crippen LogP contribution is 2.28. The maximum Gasteiger partial charge on any atom is 0.573 e. The molecule has 0 atom stereocenters. The lowest BCUT2D eigenvalue weighted by molar-refractivity contribution is -0.274. The van der Waals surface area contributed by atoms with Crippen molar-refractivity contribution >= 4 is 0 Å². The van der Waals surface area contributed by atoms with Crippen molar-refractivity contribution in [2.24, 2.45) is 0 Å². The highest BCUT2D eigenvalue weighted by atomic mass is 19.4. The van der Waals surface area contributed by atoms with Crippen LogP contribution in [-0.4, -0.2) is 45.3 Å². The average Bonchev–Trinajstić information content (AvgIpc) is 3.05. The Morgan fingerprint density at radius 2 is 1.89 bits per heavy atom. The van der Waals surface area contributed by atoms with Crippen LogP contribution < -0.4 is 4.74 Å². The van der Waals surface area contributed by atoms with Gasteiger partial charge in [0.2, 0.25) is 0 Å². The first-order valence-corrected chi connectivity index (χ1v) is 8.11. The molecule has 3 aromatic rings. The molecule has 0 saturated carbocycles. The molecular weight excluding hydrogens is 359 g/mol. The summed E-state index contributed by atoms with van der Waals surface area (Å²) in [5, 5.41) is 8.08. The van der Waals surface area contributed by atoms with Gasteiger partial charge in [-0.2, -0.15) is 0 Å². The summed E-state index contributed by atoms with van der Waals surface area (Å²) in [6.07, 6.45) is -3.14. The number of nitrogens with zero attached hydrogens (tertiary/aromatic N) is 5. The second-order valence-corrected chi connectivity index (χ2v) is 6.30. The lowest BCUT2D eigenvalue weighted by Gasteiger charge is -2.12. The molecule has 0 fully saturated rings. The lowest BCUT2D eigenvalue weighted by atomic mass is 10.2. The van der Waals surface area contributed by atoms with Gasteiger partial charge in [-0.1, -0.05) is 17.3 Å². The van der Waals surface area contributed by atoms with Crippen LogP contribution in [0.25, 0.3) is 17.1 Å². The molecule has 0 aliphatic carbocycles. The fourth-order valence-corrected chi connectivity index (χ4v) is 2.51. The average molecular weight is 377 g/mol. The van der Waals surface area contributed by atoms with Crippen LogP contribution in [-0.2, 0) is 6.54 Å². The first kappa shape index (κ1) is 18.8. The summed E-state index contributed by atoms with van der Waals surface area (Å²) in [5.41, 5.74) is 2.81. The second kappa shape index (κ2) is 7.36. The van der Waals surface area contributed by atoms with Gasteiger partial charge in [0, 0.05) is 12.6 Å². The molecule has 0 radical (unpaired) electrons. The van der Waals surface area contributed by atoms with Crippen molar-refractivity contribution in [3.05, 3.63) is 53.9 Å². The van der Waals surface area contributed by atoms with Gasteiger partial charge in [0.15, 0.2) is 0 Å². The van der Waals surface area contributed by atoms with E-state index in [2.05, 4.69) is 20.0 Å². The number of alkyl halides is 3. The Hall–Kier alpha value is -2.94. The summed E-state index contributed by atoms with van der Waals surface area (Å²) in [6.45, 7) is 2.22. The van der Waals surface area contributed by atoms with Gasteiger partial charge in [0.1, 0.15) is 11.4 Å². The van der Waals surface area contributed by atoms with Crippen LogP contribution in [0.15, 0.2) is 42.6 Å². The molecule has 0 amide bonds. The molecule has 0 aliphatic heterocycles. The minimum atomic E-state index is -4.76. The van der Waals surface area contributed by atoms with Gasteiger partial charge < -0.3 is 9.64 Å². The standard InChI is InChI=1S/C18H18F3N5O/c1-12-7-8-14(9-17(12)27-18(19,20)21)26-11-16(23-24-26)15-6-4-5-13(22-15)10-25(2)3/h4-9,11H,10H2,1-3H3. The normalized spacial score (nSPS) is 11.8. The summed E-state index contributed by atoms with van der Waals surface area (Å²) in [6, 6.07) is 10.1. The summed E-state index contributed by atoms with van der Waals surface area (Å²) < 4.78 is 43.1. The summed E-state index contributed by atoms with van der Waals surface area (Å²) in [7, 11) is 3.89. The molecule has 2 aromatic heterocycles. The van der Waals surface area contributed by atoms with Gasteiger partial charge >= 0.3 is 6.36 Å². The Morgan fingerprint density at radius 1 is 1.11 bits per heavy atom. The van der Waals surface area contributed by atoms with Crippen LogP contribution in [0.2, 0.25) is 0 Å². The van der Waals surface area contributed by atoms with Gasteiger partial charge in [0.05, 0.1) is 23.3 Å². The van der Waals surface area contributed by atoms with E-state index in [1.165, 1.54) is 23.7 Å². The Labute approximate surface area is 154 Å². The van der Waals surface area contributed by atoms with E-state index in [0.29, 0.717) is 29.2 Å². The number of pyridine rings is 1. The number of benzene rings is 1. The van der Waals surface area contributed by atoms with Crippen molar-refractivity contribution in [3.63, 3.8) is 0 Å². The van der Waals surface area contributed by atoms with Crippen LogP contribution in [0.3, 0.4) is 0 Å². The van der Waals surface area contributed by atoms with E-state index in [1.54, 1.807) is 18.3 Å². The molecule has 0 bridgehead atoms. The summed E-state index contributed by atoms with van der Waals surface area (Å²) in [5.74, 6) is -0.275. The van der Waals surface area contributed by atoms with Crippen molar-refractivity contribution in [2.75, 3.05) is 14.1 Å². The SMILES string of the molecule is Cc1ccc(-n2cc(-c3cccc(CN(C)C)n3)nn2)cc1OC(F)(F)F. The van der Waals surface area contributed by atoms with Crippen LogP contribution in [0.1, 0.15) is 11.3 Å². The highest BCUT2D eigenvalue weighted by Gasteiger charge is 2.31. The third kappa shape index (κ3) is 4.82. The van der Waals surface area contributed by atoms with Crippen molar-refractivity contribution < 1.29 is 17.9 Å². The molecule has 3 rings (SSSR count). The van der Waals surface area contributed by atoms with Crippen molar-refractivity contribution in [3.8, 4) is 22.8 Å². The molecule has 27 heavy (non-hydrogen) atoms. The molecule has 0 aliphatic rings. The predicted molar refractivity (Wildman–Crippen MR) is 93.4 cm³/mol. The largest absolute Gasteiger partial charge is 0.573 e. The molecule has 0 spiro atoms. The highest BCUT2D eigenvalue weighted by molar-refractivity contribution is 5.54. The molecular formula is C18H18F3N5O. The topological polar surface area (TPSA) is 56.1 Å². The van der Waals surface area contributed by atoms with Crippen LogP contribution in [0.4, 0.5) is 13.2 Å². The molecule has 0 unspecified atom stereocenters. The Balaban J connectivity index is 1.89. The smallest absolute Gasteiger partial charge is 0.405 e. The number of hydrogen-bond donors (Lipinski definition) is 0. The van der Waals surface area contributed by atoms with Crippen molar-refractivity contribution in [1.82, 2.24) is 24.9 Å². The van der Waals surface area contributed by atoms with E-state index >= 15 is 0 Å². The fourth-order valence-electron chi connectivity index (χ4n) is 2.51. The molecule has 9 heteroatoms. The third-order valence-electron chi connectivity index (χ3n) is 3.70. The van der Waals surface area contributed by atoms with Gasteiger partial charge in [0.25, 0.3) is 0 Å². The Morgan fingerprint density at radius 3 is 2.59 bits per heavy atom. The lowest BCUT2D eigenvalue weighted by Crippen LogP contribution is -2.18. The molecule has 0 saturated heterocycles. The first-order valence-electron chi connectivity index (χ1n) is 8.11. The number of aryl methyl sites for hydroxylation is 1. The van der Waals surface area contributed by atoms with Gasteiger partial charge in [-0.05, 0) is 44.8 Å². The number of ether oxygens (including phenoxy) is 1. The quantitative estimate of drug-likeness (QED) is 0.680. The predicted octanol–water partition coefficient (Wildman–Crippen LogP) is 3.60. The number of aromatic nitrogens is 4. The van der Waals surface area contributed by atoms with E-state index in [1.807, 2.05) is 31.1 Å². The third-order valence-corrected chi connectivity index (χ3v) is 3.70. The molecule has 142 valence electrons. The van der Waals surface area contributed by atoms with E-state index in [-0.39, 0.29) is 5.75 Å². The van der Waals surface area contributed by atoms with E-state index < -0.39 is 6.36 Å². The van der Waals surface area contributed by atoms with Gasteiger partial charge in [-0.25, -0.2) is 9.67 Å². The Bertz CT molecular complexity index is 937. The van der Waals surface area contributed by atoms with Gasteiger partial charge in [-0.3, -0.25) is 0 Å².